The first-order valence-electron chi connectivity index (χ1n) is 9.85. The molecular weight excluding hydrogens is 512 g/mol. The molecule has 2 heterocycles. The van der Waals surface area contributed by atoms with Crippen LogP contribution in [0.3, 0.4) is 0 Å². The van der Waals surface area contributed by atoms with Crippen LogP contribution in [0.2, 0.25) is 0 Å². The molecule has 10 nitrogen and oxygen atoms in total. The number of nitrogens with one attached hydrogen (secondary N) is 2. The largest absolute Gasteiger partial charge is 0.455 e. The minimum absolute atomic E-state index is 0.00903. The van der Waals surface area contributed by atoms with E-state index in [1.165, 1.54) is 48.7 Å². The standard InChI is InChI=1S/C22H18N4O6S3/c23-34(28,29)19-10-5-15(6-11-19)20-12-9-18(32-20)14-24-25-22(27)16-3-7-17(8-4-16)26-35(30,31)21-2-1-13-33-21/h1-14,26H,(H,25,27)(H2,23,28,29)/b24-14-. The van der Waals surface area contributed by atoms with Crippen LogP contribution in [0.15, 0.2) is 96.8 Å². The Labute approximate surface area is 205 Å². The predicted octanol–water partition coefficient (Wildman–Crippen LogP) is 3.22. The molecule has 4 N–H and O–H groups in total. The highest BCUT2D eigenvalue weighted by Crippen LogP contribution is 2.23. The summed E-state index contributed by atoms with van der Waals surface area (Å²) in [6.45, 7) is 0. The number of carbonyl (C=O) groups is 1. The normalized spacial score (nSPS) is 12.0. The van der Waals surface area contributed by atoms with E-state index in [0.29, 0.717) is 22.8 Å². The minimum Gasteiger partial charge on any atom is -0.455 e. The lowest BCUT2D eigenvalue weighted by Gasteiger charge is -2.07. The van der Waals surface area contributed by atoms with Crippen molar-refractivity contribution in [2.24, 2.45) is 10.2 Å². The molecule has 4 aromatic rings. The van der Waals surface area contributed by atoms with Gasteiger partial charge in [-0.2, -0.15) is 5.10 Å². The molecule has 0 aliphatic carbocycles. The number of amides is 1. The number of hydrogen-bond donors (Lipinski definition) is 3. The minimum atomic E-state index is -3.78. The molecule has 4 rings (SSSR count). The average molecular weight is 531 g/mol. The number of rotatable bonds is 8. The molecule has 180 valence electrons. The Morgan fingerprint density at radius 2 is 1.66 bits per heavy atom. The molecule has 0 atom stereocenters. The Morgan fingerprint density at radius 3 is 2.29 bits per heavy atom. The van der Waals surface area contributed by atoms with Crippen LogP contribution in [0.25, 0.3) is 11.3 Å². The van der Waals surface area contributed by atoms with Crippen LogP contribution >= 0.6 is 11.3 Å². The van der Waals surface area contributed by atoms with Crippen molar-refractivity contribution < 1.29 is 26.0 Å². The van der Waals surface area contributed by atoms with Crippen molar-refractivity contribution in [3.8, 4) is 11.3 Å². The highest BCUT2D eigenvalue weighted by molar-refractivity contribution is 7.94. The van der Waals surface area contributed by atoms with E-state index < -0.39 is 26.0 Å². The SMILES string of the molecule is NS(=O)(=O)c1ccc(-c2ccc(/C=N\NC(=O)c3ccc(NS(=O)(=O)c4cccs4)cc3)o2)cc1. The van der Waals surface area contributed by atoms with Crippen LogP contribution in [0.4, 0.5) is 5.69 Å². The average Bonchev–Trinajstić information content (AvgIpc) is 3.52. The van der Waals surface area contributed by atoms with Gasteiger partial charge in [-0.05, 0) is 72.1 Å². The Balaban J connectivity index is 1.35. The van der Waals surface area contributed by atoms with Gasteiger partial charge in [0.25, 0.3) is 15.9 Å². The number of furan rings is 1. The number of carbonyl (C=O) groups excluding carboxylic acids is 1. The van der Waals surface area contributed by atoms with Gasteiger partial charge in [0.1, 0.15) is 15.7 Å². The van der Waals surface area contributed by atoms with Gasteiger partial charge in [-0.3, -0.25) is 9.52 Å². The Hall–Kier alpha value is -3.78. The van der Waals surface area contributed by atoms with Crippen molar-refractivity contribution in [2.75, 3.05) is 4.72 Å². The monoisotopic (exact) mass is 530 g/mol. The second kappa shape index (κ2) is 9.84. The third-order valence-corrected chi connectivity index (χ3v) is 8.32. The molecule has 13 heteroatoms. The van der Waals surface area contributed by atoms with Crippen molar-refractivity contribution >= 4 is 49.2 Å². The molecule has 0 radical (unpaired) electrons. The number of sulfonamides is 2. The zero-order valence-electron chi connectivity index (χ0n) is 17.8. The van der Waals surface area contributed by atoms with Crippen LogP contribution in [0, 0.1) is 0 Å². The quantitative estimate of drug-likeness (QED) is 0.234. The summed E-state index contributed by atoms with van der Waals surface area (Å²) in [4.78, 5) is 12.3. The second-order valence-corrected chi connectivity index (χ2v) is 11.5. The molecule has 0 fully saturated rings. The summed E-state index contributed by atoms with van der Waals surface area (Å²) in [6, 6.07) is 18.2. The van der Waals surface area contributed by atoms with E-state index in [4.69, 9.17) is 9.56 Å². The number of thiophene rings is 1. The lowest BCUT2D eigenvalue weighted by atomic mass is 10.2. The molecule has 0 aliphatic rings. The van der Waals surface area contributed by atoms with Crippen molar-refractivity contribution in [2.45, 2.75) is 9.10 Å². The van der Waals surface area contributed by atoms with Crippen molar-refractivity contribution in [1.82, 2.24) is 5.43 Å². The van der Waals surface area contributed by atoms with E-state index in [9.17, 15) is 21.6 Å². The number of hydrazone groups is 1. The predicted molar refractivity (Wildman–Crippen MR) is 132 cm³/mol. The van der Waals surface area contributed by atoms with E-state index in [0.717, 1.165) is 11.3 Å². The zero-order valence-corrected chi connectivity index (χ0v) is 20.2. The summed E-state index contributed by atoms with van der Waals surface area (Å²) >= 11 is 1.10. The molecule has 0 unspecified atom stereocenters. The number of nitrogens with two attached hydrogens (primary N) is 1. The maximum absolute atomic E-state index is 12.3. The van der Waals surface area contributed by atoms with E-state index >= 15 is 0 Å². The summed E-state index contributed by atoms with van der Waals surface area (Å²) in [5.41, 5.74) is 3.59. The Kier molecular flexibility index (Phi) is 6.84. The molecule has 0 bridgehead atoms. The van der Waals surface area contributed by atoms with Gasteiger partial charge >= 0.3 is 0 Å². The lowest BCUT2D eigenvalue weighted by Crippen LogP contribution is -2.17. The van der Waals surface area contributed by atoms with Gasteiger partial charge < -0.3 is 4.42 Å². The number of nitrogens with zero attached hydrogens (tertiary/aromatic N) is 1. The summed E-state index contributed by atoms with van der Waals surface area (Å²) < 4.78 is 55.5. The number of benzene rings is 2. The molecule has 1 amide bonds. The number of primary sulfonamides is 1. The van der Waals surface area contributed by atoms with Gasteiger partial charge in [0.2, 0.25) is 10.0 Å². The summed E-state index contributed by atoms with van der Waals surface area (Å²) in [5, 5.41) is 10.6. The number of hydrogen-bond acceptors (Lipinski definition) is 8. The number of anilines is 1. The molecule has 0 saturated carbocycles. The maximum atomic E-state index is 12.3. The summed E-state index contributed by atoms with van der Waals surface area (Å²) in [7, 11) is -7.45. The fourth-order valence-electron chi connectivity index (χ4n) is 2.92. The van der Waals surface area contributed by atoms with E-state index in [1.54, 1.807) is 35.7 Å². The van der Waals surface area contributed by atoms with Gasteiger partial charge in [0, 0.05) is 16.8 Å². The lowest BCUT2D eigenvalue weighted by molar-refractivity contribution is 0.0955. The fraction of sp³-hybridized carbons (Fsp3) is 0. The Morgan fingerprint density at radius 1 is 0.943 bits per heavy atom. The first-order valence-corrected chi connectivity index (χ1v) is 13.8. The van der Waals surface area contributed by atoms with E-state index in [2.05, 4.69) is 15.2 Å². The molecule has 0 saturated heterocycles. The third kappa shape index (κ3) is 6.02. The molecule has 2 aromatic heterocycles. The topological polar surface area (TPSA) is 161 Å². The second-order valence-electron chi connectivity index (χ2n) is 7.09. The van der Waals surface area contributed by atoms with E-state index in [1.807, 2.05) is 0 Å². The van der Waals surface area contributed by atoms with E-state index in [-0.39, 0.29) is 14.7 Å². The smallest absolute Gasteiger partial charge is 0.271 e. The van der Waals surface area contributed by atoms with Crippen LogP contribution < -0.4 is 15.3 Å². The molecule has 35 heavy (non-hydrogen) atoms. The van der Waals surface area contributed by atoms with Crippen molar-refractivity contribution in [3.63, 3.8) is 0 Å². The van der Waals surface area contributed by atoms with Gasteiger partial charge in [-0.15, -0.1) is 11.3 Å². The van der Waals surface area contributed by atoms with Gasteiger partial charge in [-0.25, -0.2) is 27.4 Å². The molecule has 0 aliphatic heterocycles. The summed E-state index contributed by atoms with van der Waals surface area (Å²) in [5.74, 6) is 0.327. The van der Waals surface area contributed by atoms with Crippen molar-refractivity contribution in [1.29, 1.82) is 0 Å². The first kappa shape index (κ1) is 24.3. The van der Waals surface area contributed by atoms with Gasteiger partial charge in [0.05, 0.1) is 11.1 Å². The highest BCUT2D eigenvalue weighted by Gasteiger charge is 2.15. The van der Waals surface area contributed by atoms with Gasteiger partial charge in [0.15, 0.2) is 0 Å². The van der Waals surface area contributed by atoms with Crippen LogP contribution in [-0.4, -0.2) is 29.0 Å². The molecule has 0 spiro atoms. The van der Waals surface area contributed by atoms with Crippen LogP contribution in [0.5, 0.6) is 0 Å². The van der Waals surface area contributed by atoms with Crippen molar-refractivity contribution in [3.05, 3.63) is 89.5 Å². The zero-order chi connectivity index (χ0) is 25.1. The molecule has 2 aromatic carbocycles. The van der Waals surface area contributed by atoms with Crippen LogP contribution in [0.1, 0.15) is 16.1 Å². The molecular formula is C22H18N4O6S3. The highest BCUT2D eigenvalue weighted by atomic mass is 32.2. The maximum Gasteiger partial charge on any atom is 0.271 e. The Bertz CT molecular complexity index is 1570. The third-order valence-electron chi connectivity index (χ3n) is 4.61. The first-order chi connectivity index (χ1) is 16.6. The summed E-state index contributed by atoms with van der Waals surface area (Å²) in [6.07, 6.45) is 1.31. The van der Waals surface area contributed by atoms with Crippen LogP contribution in [-0.2, 0) is 20.0 Å². The van der Waals surface area contributed by atoms with Gasteiger partial charge in [-0.1, -0.05) is 6.07 Å². The fourth-order valence-corrected chi connectivity index (χ4v) is 5.48.